The number of benzene rings is 1. The van der Waals surface area contributed by atoms with Gasteiger partial charge in [0, 0.05) is 23.0 Å². The minimum absolute atomic E-state index is 0.00319. The predicted octanol–water partition coefficient (Wildman–Crippen LogP) is 3.19. The lowest BCUT2D eigenvalue weighted by Gasteiger charge is -2.33. The van der Waals surface area contributed by atoms with Crippen LogP contribution in [0.3, 0.4) is 0 Å². The summed E-state index contributed by atoms with van der Waals surface area (Å²) >= 11 is 1.72. The van der Waals surface area contributed by atoms with Crippen LogP contribution in [0, 0.1) is 0 Å². The normalized spacial score (nSPS) is 17.6. The van der Waals surface area contributed by atoms with E-state index in [1.165, 1.54) is 22.6 Å². The lowest BCUT2D eigenvalue weighted by atomic mass is 10.0. The molecule has 134 valence electrons. The zero-order valence-electron chi connectivity index (χ0n) is 14.5. The summed E-state index contributed by atoms with van der Waals surface area (Å²) in [5.41, 5.74) is 1.59. The summed E-state index contributed by atoms with van der Waals surface area (Å²) in [7, 11) is -3.62. The third kappa shape index (κ3) is 3.63. The van der Waals surface area contributed by atoms with Crippen molar-refractivity contribution >= 4 is 27.3 Å². The van der Waals surface area contributed by atoms with Gasteiger partial charge in [0.15, 0.2) is 0 Å². The van der Waals surface area contributed by atoms with Crippen molar-refractivity contribution in [3.05, 3.63) is 51.7 Å². The molecule has 1 amide bonds. The van der Waals surface area contributed by atoms with E-state index in [4.69, 9.17) is 0 Å². The van der Waals surface area contributed by atoms with E-state index in [1.54, 1.807) is 37.3 Å². The van der Waals surface area contributed by atoms with Crippen LogP contribution in [-0.4, -0.2) is 31.8 Å². The van der Waals surface area contributed by atoms with Crippen LogP contribution in [0.2, 0.25) is 0 Å². The second-order valence-electron chi connectivity index (χ2n) is 6.53. The molecule has 0 fully saturated rings. The van der Waals surface area contributed by atoms with Crippen LogP contribution in [0.1, 0.15) is 47.6 Å². The van der Waals surface area contributed by atoms with Crippen molar-refractivity contribution in [1.29, 1.82) is 0 Å². The Morgan fingerprint density at radius 1 is 1.32 bits per heavy atom. The molecule has 1 aliphatic heterocycles. The van der Waals surface area contributed by atoms with E-state index in [9.17, 15) is 13.2 Å². The van der Waals surface area contributed by atoms with E-state index in [-0.39, 0.29) is 22.9 Å². The molecular formula is C18H22N2O3S2. The van der Waals surface area contributed by atoms with Gasteiger partial charge >= 0.3 is 0 Å². The Morgan fingerprint density at radius 2 is 2.08 bits per heavy atom. The molecular weight excluding hydrogens is 356 g/mol. The van der Waals surface area contributed by atoms with Crippen molar-refractivity contribution in [2.24, 2.45) is 0 Å². The molecule has 25 heavy (non-hydrogen) atoms. The Kier molecular flexibility index (Phi) is 4.99. The molecule has 1 aromatic heterocycles. The van der Waals surface area contributed by atoms with Gasteiger partial charge in [0.25, 0.3) is 5.91 Å². The van der Waals surface area contributed by atoms with Gasteiger partial charge < -0.3 is 4.90 Å². The average molecular weight is 379 g/mol. The van der Waals surface area contributed by atoms with Crippen molar-refractivity contribution in [3.8, 4) is 0 Å². The quantitative estimate of drug-likeness (QED) is 0.888. The van der Waals surface area contributed by atoms with E-state index >= 15 is 0 Å². The van der Waals surface area contributed by atoms with Crippen LogP contribution >= 0.6 is 11.3 Å². The van der Waals surface area contributed by atoms with Crippen molar-refractivity contribution in [1.82, 2.24) is 9.62 Å². The zero-order valence-corrected chi connectivity index (χ0v) is 16.2. The Bertz CT molecular complexity index is 887. The van der Waals surface area contributed by atoms with Gasteiger partial charge in [-0.1, -0.05) is 6.07 Å². The highest BCUT2D eigenvalue weighted by atomic mass is 32.2. The topological polar surface area (TPSA) is 66.5 Å². The number of carbonyl (C=O) groups excluding carboxylic acids is 1. The van der Waals surface area contributed by atoms with E-state index in [0.29, 0.717) is 12.1 Å². The fourth-order valence-corrected chi connectivity index (χ4v) is 5.39. The highest BCUT2D eigenvalue weighted by Gasteiger charge is 2.29. The number of fused-ring (bicyclic) bond motifs is 1. The van der Waals surface area contributed by atoms with E-state index < -0.39 is 10.0 Å². The monoisotopic (exact) mass is 378 g/mol. The molecule has 0 saturated carbocycles. The van der Waals surface area contributed by atoms with Gasteiger partial charge in [0.05, 0.1) is 10.9 Å². The lowest BCUT2D eigenvalue weighted by molar-refractivity contribution is 0.0679. The van der Waals surface area contributed by atoms with Crippen LogP contribution < -0.4 is 4.72 Å². The first-order valence-electron chi connectivity index (χ1n) is 8.29. The fraction of sp³-hybridized carbons (Fsp3) is 0.389. The van der Waals surface area contributed by atoms with Gasteiger partial charge in [-0.2, -0.15) is 0 Å². The van der Waals surface area contributed by atoms with Gasteiger partial charge in [0.1, 0.15) is 0 Å². The molecule has 3 rings (SSSR count). The van der Waals surface area contributed by atoms with Gasteiger partial charge in [-0.15, -0.1) is 11.3 Å². The van der Waals surface area contributed by atoms with Crippen molar-refractivity contribution in [2.45, 2.75) is 44.2 Å². The Morgan fingerprint density at radius 3 is 2.80 bits per heavy atom. The highest BCUT2D eigenvalue weighted by molar-refractivity contribution is 7.89. The molecule has 5 nitrogen and oxygen atoms in total. The largest absolute Gasteiger partial charge is 0.331 e. The van der Waals surface area contributed by atoms with E-state index in [0.717, 1.165) is 6.42 Å². The molecule has 7 heteroatoms. The number of hydrogen-bond donors (Lipinski definition) is 1. The summed E-state index contributed by atoms with van der Waals surface area (Å²) in [4.78, 5) is 16.2. The maximum Gasteiger partial charge on any atom is 0.254 e. The molecule has 0 aliphatic carbocycles. The summed E-state index contributed by atoms with van der Waals surface area (Å²) in [5.74, 6) is -0.133. The zero-order chi connectivity index (χ0) is 18.2. The van der Waals surface area contributed by atoms with Crippen LogP contribution in [-0.2, 0) is 16.4 Å². The lowest BCUT2D eigenvalue weighted by Crippen LogP contribution is -2.38. The SMILES string of the molecule is CC(C)NS(=O)(=O)c1cccc(C(=O)N2CCc3sccc3[C@@H]2C)c1. The first-order chi connectivity index (χ1) is 11.8. The second kappa shape index (κ2) is 6.90. The third-order valence-electron chi connectivity index (χ3n) is 4.32. The molecule has 0 spiro atoms. The predicted molar refractivity (Wildman–Crippen MR) is 99.4 cm³/mol. The second-order valence-corrected chi connectivity index (χ2v) is 9.24. The maximum absolute atomic E-state index is 13.0. The van der Waals surface area contributed by atoms with E-state index in [1.807, 2.05) is 11.8 Å². The van der Waals surface area contributed by atoms with Gasteiger partial charge in [0.2, 0.25) is 10.0 Å². The molecule has 1 atom stereocenters. The molecule has 2 heterocycles. The Hall–Kier alpha value is -1.70. The Labute approximate surface area is 152 Å². The molecule has 1 aliphatic rings. The third-order valence-corrected chi connectivity index (χ3v) is 6.97. The molecule has 0 radical (unpaired) electrons. The minimum Gasteiger partial charge on any atom is -0.331 e. The summed E-state index contributed by atoms with van der Waals surface area (Å²) in [6.07, 6.45) is 0.843. The number of amides is 1. The summed E-state index contributed by atoms with van der Waals surface area (Å²) in [5, 5.41) is 2.06. The molecule has 1 N–H and O–H groups in total. The smallest absolute Gasteiger partial charge is 0.254 e. The van der Waals surface area contributed by atoms with Crippen LogP contribution in [0.5, 0.6) is 0 Å². The van der Waals surface area contributed by atoms with E-state index in [2.05, 4.69) is 16.2 Å². The van der Waals surface area contributed by atoms with Crippen LogP contribution in [0.25, 0.3) is 0 Å². The number of thiophene rings is 1. The van der Waals surface area contributed by atoms with Gasteiger partial charge in [-0.3, -0.25) is 4.79 Å². The Balaban J connectivity index is 1.88. The molecule has 0 saturated heterocycles. The number of sulfonamides is 1. The van der Waals surface area contributed by atoms with Crippen molar-refractivity contribution < 1.29 is 13.2 Å². The summed E-state index contributed by atoms with van der Waals surface area (Å²) in [6.45, 7) is 6.19. The molecule has 1 aromatic carbocycles. The maximum atomic E-state index is 13.0. The summed E-state index contributed by atoms with van der Waals surface area (Å²) in [6, 6.07) is 8.12. The number of nitrogens with one attached hydrogen (secondary N) is 1. The number of carbonyl (C=O) groups is 1. The summed E-state index contributed by atoms with van der Waals surface area (Å²) < 4.78 is 27.3. The van der Waals surface area contributed by atoms with Crippen molar-refractivity contribution in [2.75, 3.05) is 6.54 Å². The van der Waals surface area contributed by atoms with Gasteiger partial charge in [-0.05, 0) is 62.4 Å². The van der Waals surface area contributed by atoms with Crippen LogP contribution in [0.4, 0.5) is 0 Å². The standard InChI is InChI=1S/C18H22N2O3S2/c1-12(2)19-25(22,23)15-6-4-5-14(11-15)18(21)20-9-7-17-16(13(20)3)8-10-24-17/h4-6,8,10-13,19H,7,9H2,1-3H3/t13-/m0/s1. The molecule has 0 unspecified atom stereocenters. The minimum atomic E-state index is -3.62. The van der Waals surface area contributed by atoms with Gasteiger partial charge in [-0.25, -0.2) is 13.1 Å². The highest BCUT2D eigenvalue weighted by Crippen LogP contribution is 2.33. The van der Waals surface area contributed by atoms with Crippen LogP contribution in [0.15, 0.2) is 40.6 Å². The fourth-order valence-electron chi connectivity index (χ4n) is 3.13. The molecule has 0 bridgehead atoms. The first-order valence-corrected chi connectivity index (χ1v) is 10.7. The average Bonchev–Trinajstić information content (AvgIpc) is 3.03. The number of hydrogen-bond acceptors (Lipinski definition) is 4. The first kappa shape index (κ1) is 18.1. The number of rotatable bonds is 4. The van der Waals surface area contributed by atoms with Crippen molar-refractivity contribution in [3.63, 3.8) is 0 Å². The number of nitrogens with zero attached hydrogens (tertiary/aromatic N) is 1. The molecule has 2 aromatic rings.